The van der Waals surface area contributed by atoms with Crippen LogP contribution in [0.15, 0.2) is 0 Å². The van der Waals surface area contributed by atoms with Crippen molar-refractivity contribution in [1.82, 2.24) is 0 Å². The Hall–Kier alpha value is -1.22. The van der Waals surface area contributed by atoms with Crippen molar-refractivity contribution in [3.8, 4) is 11.5 Å². The molecule has 0 aromatic heterocycles. The van der Waals surface area contributed by atoms with Crippen molar-refractivity contribution in [1.29, 1.82) is 0 Å². The highest BCUT2D eigenvalue weighted by molar-refractivity contribution is 5.58. The molecule has 0 saturated heterocycles. The van der Waals surface area contributed by atoms with Crippen molar-refractivity contribution < 1.29 is 14.9 Å². The van der Waals surface area contributed by atoms with E-state index in [2.05, 4.69) is 13.8 Å². The van der Waals surface area contributed by atoms with E-state index in [0.717, 1.165) is 48.1 Å². The predicted octanol–water partition coefficient (Wildman–Crippen LogP) is 7.85. The molecule has 0 saturated carbocycles. The fourth-order valence-corrected chi connectivity index (χ4v) is 5.03. The number of phenols is 1. The number of hydrogen-bond donors (Lipinski definition) is 2. The van der Waals surface area contributed by atoms with Gasteiger partial charge >= 0.3 is 0 Å². The first-order chi connectivity index (χ1) is 14.9. The van der Waals surface area contributed by atoms with Crippen LogP contribution in [0.4, 0.5) is 0 Å². The number of benzene rings is 1. The van der Waals surface area contributed by atoms with Gasteiger partial charge in [0.2, 0.25) is 0 Å². The van der Waals surface area contributed by atoms with E-state index in [4.69, 9.17) is 9.84 Å². The first kappa shape index (κ1) is 26.0. The third-order valence-corrected chi connectivity index (χ3v) is 7.46. The molecule has 2 rings (SSSR count). The lowest BCUT2D eigenvalue weighted by Crippen LogP contribution is -2.37. The lowest BCUT2D eigenvalue weighted by molar-refractivity contribution is 0.0521. The molecule has 1 aliphatic rings. The van der Waals surface area contributed by atoms with Crippen LogP contribution in [0.2, 0.25) is 0 Å². The molecule has 1 aliphatic heterocycles. The van der Waals surface area contributed by atoms with Crippen molar-refractivity contribution in [2.24, 2.45) is 0 Å². The molecule has 1 aromatic carbocycles. The average molecular weight is 433 g/mol. The third kappa shape index (κ3) is 8.00. The summed E-state index contributed by atoms with van der Waals surface area (Å²) in [7, 11) is 0. The zero-order chi connectivity index (χ0) is 22.7. The van der Waals surface area contributed by atoms with E-state index < -0.39 is 0 Å². The van der Waals surface area contributed by atoms with Crippen LogP contribution in [0.5, 0.6) is 11.5 Å². The van der Waals surface area contributed by atoms with E-state index >= 15 is 0 Å². The molecule has 0 bridgehead atoms. The summed E-state index contributed by atoms with van der Waals surface area (Å²) < 4.78 is 6.56. The zero-order valence-electron chi connectivity index (χ0n) is 20.8. The molecule has 3 nitrogen and oxygen atoms in total. The van der Waals surface area contributed by atoms with Gasteiger partial charge in [0.25, 0.3) is 0 Å². The highest BCUT2D eigenvalue weighted by Gasteiger charge is 2.34. The first-order valence-corrected chi connectivity index (χ1v) is 13.0. The second-order valence-electron chi connectivity index (χ2n) is 10.2. The Morgan fingerprint density at radius 2 is 1.19 bits per heavy atom. The van der Waals surface area contributed by atoms with Crippen LogP contribution in [0.25, 0.3) is 0 Å². The van der Waals surface area contributed by atoms with Crippen molar-refractivity contribution in [2.45, 2.75) is 136 Å². The van der Waals surface area contributed by atoms with E-state index in [1.54, 1.807) is 0 Å². The Morgan fingerprint density at radius 3 is 1.71 bits per heavy atom. The Bertz CT molecular complexity index is 667. The molecule has 0 fully saturated rings. The minimum absolute atomic E-state index is 0.0647. The standard InChI is InChI=1S/C28H48O3/c1-22-23(2)27-25(24(3)26(22)30)18-20-28(4,31-27)19-16-14-12-10-8-6-5-7-9-11-13-15-17-21-29/h29-30H,5-21H2,1-4H3. The summed E-state index contributed by atoms with van der Waals surface area (Å²) in [6, 6.07) is 0. The molecule has 1 atom stereocenters. The second-order valence-corrected chi connectivity index (χ2v) is 10.2. The van der Waals surface area contributed by atoms with Gasteiger partial charge < -0.3 is 14.9 Å². The number of aliphatic hydroxyl groups is 1. The lowest BCUT2D eigenvalue weighted by Gasteiger charge is -2.38. The molecule has 1 heterocycles. The maximum Gasteiger partial charge on any atom is 0.127 e. The number of hydrogen-bond acceptors (Lipinski definition) is 3. The number of ether oxygens (including phenoxy) is 1. The maximum atomic E-state index is 10.4. The smallest absolute Gasteiger partial charge is 0.127 e. The van der Waals surface area contributed by atoms with Gasteiger partial charge in [0.05, 0.1) is 0 Å². The van der Waals surface area contributed by atoms with E-state index in [0.29, 0.717) is 12.4 Å². The summed E-state index contributed by atoms with van der Waals surface area (Å²) >= 11 is 0. The predicted molar refractivity (Wildman–Crippen MR) is 131 cm³/mol. The Morgan fingerprint density at radius 1 is 0.710 bits per heavy atom. The summed E-state index contributed by atoms with van der Waals surface area (Å²) in [4.78, 5) is 0. The van der Waals surface area contributed by atoms with Gasteiger partial charge in [-0.25, -0.2) is 0 Å². The molecule has 0 aliphatic carbocycles. The van der Waals surface area contributed by atoms with Crippen molar-refractivity contribution in [3.63, 3.8) is 0 Å². The molecule has 2 N–H and O–H groups in total. The summed E-state index contributed by atoms with van der Waals surface area (Å²) in [5.74, 6) is 1.48. The van der Waals surface area contributed by atoms with Crippen LogP contribution in [0.3, 0.4) is 0 Å². The van der Waals surface area contributed by atoms with E-state index in [1.165, 1.54) is 82.6 Å². The van der Waals surface area contributed by atoms with Gasteiger partial charge in [-0.2, -0.15) is 0 Å². The van der Waals surface area contributed by atoms with Crippen LogP contribution in [0.1, 0.15) is 125 Å². The third-order valence-electron chi connectivity index (χ3n) is 7.46. The molecule has 31 heavy (non-hydrogen) atoms. The number of aromatic hydroxyl groups is 1. The normalized spacial score (nSPS) is 18.1. The molecule has 178 valence electrons. The molecular formula is C28H48O3. The van der Waals surface area contributed by atoms with Crippen molar-refractivity contribution in [3.05, 3.63) is 22.3 Å². The quantitative estimate of drug-likeness (QED) is 0.277. The Kier molecular flexibility index (Phi) is 11.2. The molecular weight excluding hydrogens is 384 g/mol. The molecule has 0 amide bonds. The highest BCUT2D eigenvalue weighted by atomic mass is 16.5. The van der Waals surface area contributed by atoms with Crippen LogP contribution in [0, 0.1) is 20.8 Å². The number of aliphatic hydroxyl groups excluding tert-OH is 1. The SMILES string of the molecule is Cc1c(C)c2c(c(C)c1O)CCC(C)(CCCCCCCCCCCCCCCO)O2. The van der Waals surface area contributed by atoms with Gasteiger partial charge in [-0.3, -0.25) is 0 Å². The second kappa shape index (κ2) is 13.4. The molecule has 3 heteroatoms. The fraction of sp³-hybridized carbons (Fsp3) is 0.786. The summed E-state index contributed by atoms with van der Waals surface area (Å²) in [5.41, 5.74) is 4.21. The summed E-state index contributed by atoms with van der Waals surface area (Å²) in [6.45, 7) is 8.72. The lowest BCUT2D eigenvalue weighted by atomic mass is 9.84. The van der Waals surface area contributed by atoms with Crippen LogP contribution in [-0.4, -0.2) is 22.4 Å². The van der Waals surface area contributed by atoms with Gasteiger partial charge in [-0.15, -0.1) is 0 Å². The number of fused-ring (bicyclic) bond motifs is 1. The van der Waals surface area contributed by atoms with E-state index in [-0.39, 0.29) is 5.60 Å². The highest BCUT2D eigenvalue weighted by Crippen LogP contribution is 2.44. The first-order valence-electron chi connectivity index (χ1n) is 13.0. The molecule has 0 radical (unpaired) electrons. The minimum atomic E-state index is -0.0647. The van der Waals surface area contributed by atoms with Gasteiger partial charge in [0.15, 0.2) is 0 Å². The van der Waals surface area contributed by atoms with Crippen LogP contribution < -0.4 is 4.74 Å². The minimum Gasteiger partial charge on any atom is -0.507 e. The number of rotatable bonds is 15. The average Bonchev–Trinajstić information content (AvgIpc) is 2.76. The van der Waals surface area contributed by atoms with Crippen LogP contribution >= 0.6 is 0 Å². The molecule has 1 aromatic rings. The molecule has 0 spiro atoms. The van der Waals surface area contributed by atoms with E-state index in [1.807, 2.05) is 13.8 Å². The monoisotopic (exact) mass is 432 g/mol. The fourth-order valence-electron chi connectivity index (χ4n) is 5.03. The topological polar surface area (TPSA) is 49.7 Å². The van der Waals surface area contributed by atoms with Gasteiger partial charge in [-0.05, 0) is 76.5 Å². The Balaban J connectivity index is 1.57. The number of phenolic OH excluding ortho intramolecular Hbond substituents is 1. The van der Waals surface area contributed by atoms with Gasteiger partial charge in [0, 0.05) is 12.2 Å². The van der Waals surface area contributed by atoms with Crippen LogP contribution in [-0.2, 0) is 6.42 Å². The van der Waals surface area contributed by atoms with E-state index in [9.17, 15) is 5.11 Å². The molecule has 1 unspecified atom stereocenters. The van der Waals surface area contributed by atoms with Crippen molar-refractivity contribution >= 4 is 0 Å². The Labute approximate surface area is 191 Å². The van der Waals surface area contributed by atoms with Gasteiger partial charge in [-0.1, -0.05) is 70.6 Å². The number of unbranched alkanes of at least 4 members (excludes halogenated alkanes) is 12. The largest absolute Gasteiger partial charge is 0.507 e. The summed E-state index contributed by atoms with van der Waals surface area (Å²) in [6.07, 6.45) is 20.1. The maximum absolute atomic E-state index is 10.4. The summed E-state index contributed by atoms with van der Waals surface area (Å²) in [5, 5.41) is 19.1. The van der Waals surface area contributed by atoms with Crippen molar-refractivity contribution in [2.75, 3.05) is 6.61 Å². The van der Waals surface area contributed by atoms with Gasteiger partial charge in [0.1, 0.15) is 17.1 Å². The zero-order valence-corrected chi connectivity index (χ0v) is 20.8.